The molecule has 0 aliphatic carbocycles. The Kier molecular flexibility index (Phi) is 6.08. The summed E-state index contributed by atoms with van der Waals surface area (Å²) in [6.45, 7) is 0. The maximum Gasteiger partial charge on any atom is 0.250 e. The number of aromatic nitrogens is 3. The molecule has 0 aliphatic heterocycles. The van der Waals surface area contributed by atoms with Gasteiger partial charge in [0.15, 0.2) is 5.82 Å². The van der Waals surface area contributed by atoms with E-state index in [1.165, 1.54) is 12.7 Å². The normalized spacial score (nSPS) is 10.3. The van der Waals surface area contributed by atoms with Gasteiger partial charge in [-0.3, -0.25) is 0 Å². The molecule has 0 aliphatic rings. The maximum atomic E-state index is 8.80. The van der Waals surface area contributed by atoms with Crippen LogP contribution < -0.4 is 4.74 Å². The number of methoxy groups -OCH3 is 1. The van der Waals surface area contributed by atoms with Gasteiger partial charge in [-0.25, -0.2) is 15.0 Å². The van der Waals surface area contributed by atoms with E-state index in [1.807, 2.05) is 0 Å². The van der Waals surface area contributed by atoms with Gasteiger partial charge < -0.3 is 9.84 Å². The zero-order chi connectivity index (χ0) is 14.3. The highest BCUT2D eigenvalue weighted by Crippen LogP contribution is 2.34. The number of hydrogen-bond acceptors (Lipinski definition) is 5. The molecule has 0 saturated heterocycles. The number of alkyl halides is 3. The predicted octanol–water partition coefficient (Wildman–Crippen LogP) is 3.10. The van der Waals surface area contributed by atoms with E-state index in [9.17, 15) is 0 Å². The molecular formula is C11H10Cl3N3O2. The summed E-state index contributed by atoms with van der Waals surface area (Å²) in [5, 5.41) is 8.80. The van der Waals surface area contributed by atoms with E-state index < -0.39 is 3.79 Å². The number of rotatable bonds is 1. The Morgan fingerprint density at radius 2 is 1.58 bits per heavy atom. The molecule has 1 heterocycles. The summed E-state index contributed by atoms with van der Waals surface area (Å²) >= 11 is 16.3. The quantitative estimate of drug-likeness (QED) is 0.817. The molecule has 1 aromatic heterocycles. The lowest BCUT2D eigenvalue weighted by atomic mass is 10.3. The third-order valence-electron chi connectivity index (χ3n) is 1.82. The molecule has 1 aromatic carbocycles. The number of phenolic OH excluding ortho intramolecular Hbond substituents is 1. The van der Waals surface area contributed by atoms with Gasteiger partial charge >= 0.3 is 0 Å². The van der Waals surface area contributed by atoms with E-state index >= 15 is 0 Å². The summed E-state index contributed by atoms with van der Waals surface area (Å²) in [5.74, 6) is 1.15. The van der Waals surface area contributed by atoms with Crippen molar-refractivity contribution < 1.29 is 9.84 Å². The molecule has 0 atom stereocenters. The lowest BCUT2D eigenvalue weighted by Crippen LogP contribution is -2.06. The minimum absolute atomic E-state index is 0.132. The van der Waals surface area contributed by atoms with E-state index in [4.69, 9.17) is 44.6 Å². The van der Waals surface area contributed by atoms with E-state index in [2.05, 4.69) is 15.0 Å². The third kappa shape index (κ3) is 5.92. The van der Waals surface area contributed by atoms with Crippen molar-refractivity contribution in [2.24, 2.45) is 0 Å². The van der Waals surface area contributed by atoms with Gasteiger partial charge in [-0.2, -0.15) is 0 Å². The Bertz CT molecular complexity index is 489. The van der Waals surface area contributed by atoms with Gasteiger partial charge in [0.25, 0.3) is 0 Å². The van der Waals surface area contributed by atoms with Crippen LogP contribution in [0.15, 0.2) is 36.9 Å². The van der Waals surface area contributed by atoms with Gasteiger partial charge in [-0.1, -0.05) is 34.8 Å². The summed E-state index contributed by atoms with van der Waals surface area (Å²) in [5.41, 5.74) is 0. The summed E-state index contributed by atoms with van der Waals surface area (Å²) in [7, 11) is 1.59. The number of ether oxygens (including phenoxy) is 1. The first kappa shape index (κ1) is 15.8. The van der Waals surface area contributed by atoms with E-state index in [0.717, 1.165) is 5.75 Å². The zero-order valence-corrected chi connectivity index (χ0v) is 12.1. The Morgan fingerprint density at radius 1 is 1.05 bits per heavy atom. The predicted molar refractivity (Wildman–Crippen MR) is 73.7 cm³/mol. The van der Waals surface area contributed by atoms with E-state index in [-0.39, 0.29) is 11.6 Å². The largest absolute Gasteiger partial charge is 0.508 e. The number of benzene rings is 1. The molecule has 19 heavy (non-hydrogen) atoms. The standard InChI is InChI=1S/C7H8O2.C4H2Cl3N3/c1-9-7-4-2-6(8)3-5-7;5-4(6,7)3-9-1-8-2-10-3/h2-5,8H,1H3;1-2H. The van der Waals surface area contributed by atoms with Crippen LogP contribution in [0, 0.1) is 0 Å². The fourth-order valence-electron chi connectivity index (χ4n) is 0.968. The van der Waals surface area contributed by atoms with Crippen molar-refractivity contribution in [3.05, 3.63) is 42.7 Å². The van der Waals surface area contributed by atoms with Gasteiger partial charge in [0.2, 0.25) is 3.79 Å². The molecule has 1 N–H and O–H groups in total. The average Bonchev–Trinajstić information content (AvgIpc) is 2.40. The minimum Gasteiger partial charge on any atom is -0.508 e. The molecule has 0 spiro atoms. The molecule has 0 fully saturated rings. The van der Waals surface area contributed by atoms with Crippen LogP contribution in [0.5, 0.6) is 11.5 Å². The number of phenols is 1. The van der Waals surface area contributed by atoms with Crippen LogP contribution in [-0.2, 0) is 3.79 Å². The van der Waals surface area contributed by atoms with Gasteiger partial charge in [0, 0.05) is 0 Å². The first-order valence-corrected chi connectivity index (χ1v) is 6.09. The lowest BCUT2D eigenvalue weighted by molar-refractivity contribution is 0.412. The summed E-state index contributed by atoms with van der Waals surface area (Å²) in [4.78, 5) is 10.8. The Hall–Kier alpha value is -1.30. The second-order valence-corrected chi connectivity index (χ2v) is 5.44. The van der Waals surface area contributed by atoms with E-state index in [0.29, 0.717) is 0 Å². The molecule has 5 nitrogen and oxygen atoms in total. The highest BCUT2D eigenvalue weighted by Gasteiger charge is 2.25. The fourth-order valence-corrected chi connectivity index (χ4v) is 1.26. The summed E-state index contributed by atoms with van der Waals surface area (Å²) < 4.78 is 3.31. The van der Waals surface area contributed by atoms with Crippen LogP contribution in [0.4, 0.5) is 0 Å². The third-order valence-corrected chi connectivity index (χ3v) is 2.33. The first-order valence-electron chi connectivity index (χ1n) is 4.95. The van der Waals surface area contributed by atoms with Crippen LogP contribution in [0.2, 0.25) is 0 Å². The first-order chi connectivity index (χ1) is 8.93. The van der Waals surface area contributed by atoms with Gasteiger partial charge in [-0.05, 0) is 24.3 Å². The van der Waals surface area contributed by atoms with Crippen molar-refractivity contribution in [3.63, 3.8) is 0 Å². The van der Waals surface area contributed by atoms with Crippen LogP contribution >= 0.6 is 34.8 Å². The minimum atomic E-state index is -1.55. The highest BCUT2D eigenvalue weighted by atomic mass is 35.6. The topological polar surface area (TPSA) is 68.1 Å². The molecular weight excluding hydrogens is 312 g/mol. The fraction of sp³-hybridized carbons (Fsp3) is 0.182. The highest BCUT2D eigenvalue weighted by molar-refractivity contribution is 6.66. The van der Waals surface area contributed by atoms with Crippen LogP contribution in [-0.4, -0.2) is 27.2 Å². The molecule has 0 bridgehead atoms. The van der Waals surface area contributed by atoms with Crippen molar-refractivity contribution in [1.29, 1.82) is 0 Å². The van der Waals surface area contributed by atoms with Crippen molar-refractivity contribution in [3.8, 4) is 11.5 Å². The van der Waals surface area contributed by atoms with Crippen molar-refractivity contribution in [2.45, 2.75) is 3.79 Å². The molecule has 2 rings (SSSR count). The number of halogens is 3. The van der Waals surface area contributed by atoms with E-state index in [1.54, 1.807) is 31.4 Å². The SMILES string of the molecule is COc1ccc(O)cc1.ClC(Cl)(Cl)c1ncncn1. The van der Waals surface area contributed by atoms with Gasteiger partial charge in [0.1, 0.15) is 24.2 Å². The monoisotopic (exact) mass is 321 g/mol. The summed E-state index contributed by atoms with van der Waals surface area (Å²) in [6, 6.07) is 6.57. The molecule has 102 valence electrons. The number of hydrogen-bond donors (Lipinski definition) is 1. The number of aromatic hydroxyl groups is 1. The smallest absolute Gasteiger partial charge is 0.250 e. The van der Waals surface area contributed by atoms with Gasteiger partial charge in [0.05, 0.1) is 7.11 Å². The Balaban J connectivity index is 0.000000191. The maximum absolute atomic E-state index is 8.80. The van der Waals surface area contributed by atoms with Crippen molar-refractivity contribution in [2.75, 3.05) is 7.11 Å². The molecule has 0 amide bonds. The molecule has 0 radical (unpaired) electrons. The van der Waals surface area contributed by atoms with Crippen LogP contribution in [0.1, 0.15) is 5.82 Å². The molecule has 2 aromatic rings. The molecule has 8 heteroatoms. The van der Waals surface area contributed by atoms with Gasteiger partial charge in [-0.15, -0.1) is 0 Å². The van der Waals surface area contributed by atoms with Crippen LogP contribution in [0.3, 0.4) is 0 Å². The van der Waals surface area contributed by atoms with Crippen LogP contribution in [0.25, 0.3) is 0 Å². The number of nitrogens with zero attached hydrogens (tertiary/aromatic N) is 3. The Morgan fingerprint density at radius 3 is 1.95 bits per heavy atom. The van der Waals surface area contributed by atoms with Crippen molar-refractivity contribution >= 4 is 34.8 Å². The second kappa shape index (κ2) is 7.33. The molecule has 0 saturated carbocycles. The Labute approximate surface area is 125 Å². The molecule has 0 unspecified atom stereocenters. The van der Waals surface area contributed by atoms with Crippen molar-refractivity contribution in [1.82, 2.24) is 15.0 Å². The second-order valence-electron chi connectivity index (χ2n) is 3.16. The zero-order valence-electron chi connectivity index (χ0n) is 9.80. The lowest BCUT2D eigenvalue weighted by Gasteiger charge is -2.05. The summed E-state index contributed by atoms with van der Waals surface area (Å²) in [6.07, 6.45) is 2.54. The average molecular weight is 323 g/mol.